The van der Waals surface area contributed by atoms with Gasteiger partial charge in [-0.2, -0.15) is 0 Å². The summed E-state index contributed by atoms with van der Waals surface area (Å²) in [6.45, 7) is 14.7. The second kappa shape index (κ2) is 14.0. The fourth-order valence-electron chi connectivity index (χ4n) is 4.26. The van der Waals surface area contributed by atoms with Gasteiger partial charge in [-0.3, -0.25) is 14.4 Å². The van der Waals surface area contributed by atoms with Gasteiger partial charge in [-0.15, -0.1) is 0 Å². The monoisotopic (exact) mass is 552 g/mol. The lowest BCUT2D eigenvalue weighted by molar-refractivity contribution is -0.143. The Morgan fingerprint density at radius 3 is 2.17 bits per heavy atom. The third kappa shape index (κ3) is 9.10. The lowest BCUT2D eigenvalue weighted by Gasteiger charge is -2.38. The lowest BCUT2D eigenvalue weighted by atomic mass is 9.96. The van der Waals surface area contributed by atoms with Gasteiger partial charge in [0.05, 0.1) is 0 Å². The van der Waals surface area contributed by atoms with Crippen molar-refractivity contribution in [2.75, 3.05) is 5.32 Å². The summed E-state index contributed by atoms with van der Waals surface area (Å²) in [4.78, 5) is 54.2. The van der Waals surface area contributed by atoms with Crippen molar-refractivity contribution in [3.05, 3.63) is 64.7 Å². The van der Waals surface area contributed by atoms with Crippen LogP contribution in [0, 0.1) is 20.8 Å². The number of nitrogens with one attached hydrogen (secondary N) is 2. The Balaban J connectivity index is 2.62. The van der Waals surface area contributed by atoms with Crippen LogP contribution in [0.1, 0.15) is 82.2 Å². The van der Waals surface area contributed by atoms with Gasteiger partial charge >= 0.3 is 6.09 Å². The van der Waals surface area contributed by atoms with Gasteiger partial charge in [0.25, 0.3) is 5.91 Å². The van der Waals surface area contributed by atoms with Crippen molar-refractivity contribution in [3.63, 3.8) is 0 Å². The van der Waals surface area contributed by atoms with Gasteiger partial charge < -0.3 is 26.0 Å². The molecule has 4 amide bonds. The molecule has 2 aromatic carbocycles. The zero-order chi connectivity index (χ0) is 30.2. The number of para-hydroxylation sites is 1. The third-order valence-electron chi connectivity index (χ3n) is 6.76. The Morgan fingerprint density at radius 2 is 1.62 bits per heavy atom. The van der Waals surface area contributed by atoms with Gasteiger partial charge in [0.1, 0.15) is 17.7 Å². The van der Waals surface area contributed by atoms with Crippen molar-refractivity contribution >= 4 is 29.5 Å². The van der Waals surface area contributed by atoms with Gasteiger partial charge in [-0.1, -0.05) is 43.3 Å². The molecule has 0 aliphatic rings. The van der Waals surface area contributed by atoms with Gasteiger partial charge in [0.15, 0.2) is 0 Å². The van der Waals surface area contributed by atoms with E-state index in [0.29, 0.717) is 17.7 Å². The molecule has 0 spiro atoms. The smallest absolute Gasteiger partial charge is 0.408 e. The molecule has 2 rings (SSSR count). The van der Waals surface area contributed by atoms with Gasteiger partial charge in [0, 0.05) is 18.2 Å². The summed E-state index contributed by atoms with van der Waals surface area (Å²) in [6, 6.07) is 10.5. The number of carbonyl (C=O) groups is 4. The van der Waals surface area contributed by atoms with E-state index in [0.717, 1.165) is 16.7 Å². The first-order chi connectivity index (χ1) is 18.6. The van der Waals surface area contributed by atoms with Crippen molar-refractivity contribution in [2.45, 2.75) is 98.4 Å². The van der Waals surface area contributed by atoms with Crippen LogP contribution in [0.15, 0.2) is 42.5 Å². The maximum Gasteiger partial charge on any atom is 0.408 e. The van der Waals surface area contributed by atoms with E-state index < -0.39 is 47.5 Å². The summed E-state index contributed by atoms with van der Waals surface area (Å²) in [5, 5.41) is 5.62. The molecule has 2 aromatic rings. The van der Waals surface area contributed by atoms with Crippen LogP contribution in [-0.2, 0) is 19.1 Å². The van der Waals surface area contributed by atoms with Crippen LogP contribution in [0.5, 0.6) is 0 Å². The molecular formula is C31H44N4O5. The minimum atomic E-state index is -1.14. The quantitative estimate of drug-likeness (QED) is 0.358. The molecule has 0 aromatic heterocycles. The third-order valence-corrected chi connectivity index (χ3v) is 6.76. The minimum Gasteiger partial charge on any atom is -0.444 e. The van der Waals surface area contributed by atoms with Crippen LogP contribution in [0.2, 0.25) is 0 Å². The highest BCUT2D eigenvalue weighted by Crippen LogP contribution is 2.30. The number of nitrogens with two attached hydrogens (primary N) is 1. The molecule has 9 nitrogen and oxygen atoms in total. The van der Waals surface area contributed by atoms with Crippen molar-refractivity contribution in [1.29, 1.82) is 0 Å². The van der Waals surface area contributed by atoms with E-state index in [2.05, 4.69) is 10.6 Å². The molecule has 218 valence electrons. The van der Waals surface area contributed by atoms with Gasteiger partial charge in [0.2, 0.25) is 11.8 Å². The number of rotatable bonds is 11. The zero-order valence-electron chi connectivity index (χ0n) is 25.0. The first-order valence-corrected chi connectivity index (χ1v) is 13.7. The molecule has 0 fully saturated rings. The number of hydrogen-bond donors (Lipinski definition) is 3. The highest BCUT2D eigenvalue weighted by Gasteiger charge is 2.38. The first kappa shape index (κ1) is 32.3. The topological polar surface area (TPSA) is 131 Å². The van der Waals surface area contributed by atoms with Crippen LogP contribution < -0.4 is 16.4 Å². The molecule has 0 saturated carbocycles. The largest absolute Gasteiger partial charge is 0.444 e. The standard InChI is InChI=1S/C31H44N4O5/c1-9-22(5)35(29(38)25(16-17-26(32)36)34-30(39)40-31(6,7)8)27(23-15-14-19(2)21(4)18-23)28(37)33-24-13-11-10-12-20(24)3/h10-15,18,22,25,27H,9,16-17H2,1-8H3,(H2,32,36)(H,33,37)(H,34,39). The van der Waals surface area contributed by atoms with E-state index in [1.807, 2.05) is 71.0 Å². The van der Waals surface area contributed by atoms with Crippen LogP contribution in [-0.4, -0.2) is 46.4 Å². The SMILES string of the molecule is CCC(C)N(C(=O)C(CCC(N)=O)NC(=O)OC(C)(C)C)C(C(=O)Nc1ccccc1C)c1ccc(C)c(C)c1. The number of hydrogen-bond acceptors (Lipinski definition) is 5. The average Bonchev–Trinajstić information content (AvgIpc) is 2.86. The van der Waals surface area contributed by atoms with Gasteiger partial charge in [-0.05, 0) is 89.6 Å². The Bertz CT molecular complexity index is 1220. The summed E-state index contributed by atoms with van der Waals surface area (Å²) in [5.74, 6) is -1.51. The van der Waals surface area contributed by atoms with Crippen LogP contribution in [0.4, 0.5) is 10.5 Å². The molecule has 0 saturated heterocycles. The summed E-state index contributed by atoms with van der Waals surface area (Å²) in [5.41, 5.74) is 8.76. The van der Waals surface area contributed by atoms with Crippen LogP contribution in [0.25, 0.3) is 0 Å². The molecular weight excluding hydrogens is 508 g/mol. The maximum atomic E-state index is 14.3. The van der Waals surface area contributed by atoms with Crippen molar-refractivity contribution in [2.24, 2.45) is 5.73 Å². The number of carbonyl (C=O) groups excluding carboxylic acids is 4. The molecule has 0 bridgehead atoms. The summed E-state index contributed by atoms with van der Waals surface area (Å²) >= 11 is 0. The Labute approximate surface area is 237 Å². The number of ether oxygens (including phenoxy) is 1. The second-order valence-corrected chi connectivity index (χ2v) is 11.3. The van der Waals surface area contributed by atoms with E-state index in [1.54, 1.807) is 26.8 Å². The van der Waals surface area contributed by atoms with E-state index in [4.69, 9.17) is 10.5 Å². The number of primary amides is 1. The van der Waals surface area contributed by atoms with Crippen molar-refractivity contribution in [1.82, 2.24) is 10.2 Å². The van der Waals surface area contributed by atoms with Crippen LogP contribution in [0.3, 0.4) is 0 Å². The Kier molecular flexibility index (Phi) is 11.3. The molecule has 40 heavy (non-hydrogen) atoms. The molecule has 9 heteroatoms. The number of aryl methyl sites for hydroxylation is 3. The highest BCUT2D eigenvalue weighted by atomic mass is 16.6. The minimum absolute atomic E-state index is 0.0423. The molecule has 3 unspecified atom stereocenters. The molecule has 0 radical (unpaired) electrons. The number of alkyl carbamates (subject to hydrolysis) is 1. The predicted octanol–water partition coefficient (Wildman–Crippen LogP) is 5.08. The van der Waals surface area contributed by atoms with Crippen molar-refractivity contribution < 1.29 is 23.9 Å². The molecule has 0 aliphatic carbocycles. The fraction of sp³-hybridized carbons (Fsp3) is 0.484. The van der Waals surface area contributed by atoms with E-state index in [-0.39, 0.29) is 12.8 Å². The average molecular weight is 553 g/mol. The van der Waals surface area contributed by atoms with E-state index in [9.17, 15) is 19.2 Å². The van der Waals surface area contributed by atoms with E-state index in [1.165, 1.54) is 4.90 Å². The predicted molar refractivity (Wildman–Crippen MR) is 157 cm³/mol. The second-order valence-electron chi connectivity index (χ2n) is 11.3. The number of benzene rings is 2. The molecule has 4 N–H and O–H groups in total. The zero-order valence-corrected chi connectivity index (χ0v) is 25.0. The Hall–Kier alpha value is -3.88. The van der Waals surface area contributed by atoms with Crippen molar-refractivity contribution in [3.8, 4) is 0 Å². The number of nitrogens with zero attached hydrogens (tertiary/aromatic N) is 1. The molecule has 3 atom stereocenters. The summed E-state index contributed by atoms with van der Waals surface area (Å²) in [6.07, 6.45) is -0.435. The fourth-order valence-corrected chi connectivity index (χ4v) is 4.26. The lowest BCUT2D eigenvalue weighted by Crippen LogP contribution is -2.55. The van der Waals surface area contributed by atoms with E-state index >= 15 is 0 Å². The first-order valence-electron chi connectivity index (χ1n) is 13.7. The number of amides is 4. The maximum absolute atomic E-state index is 14.3. The highest BCUT2D eigenvalue weighted by molar-refractivity contribution is 5.99. The number of anilines is 1. The summed E-state index contributed by atoms with van der Waals surface area (Å²) in [7, 11) is 0. The normalized spacial score (nSPS) is 13.5. The molecule has 0 heterocycles. The summed E-state index contributed by atoms with van der Waals surface area (Å²) < 4.78 is 5.39. The van der Waals surface area contributed by atoms with Crippen LogP contribution >= 0.6 is 0 Å². The van der Waals surface area contributed by atoms with Gasteiger partial charge in [-0.25, -0.2) is 4.79 Å². The Morgan fingerprint density at radius 1 is 0.975 bits per heavy atom. The molecule has 0 aliphatic heterocycles.